The Labute approximate surface area is 120 Å². The third-order valence-electron chi connectivity index (χ3n) is 3.62. The lowest BCUT2D eigenvalue weighted by atomic mass is 10.1. The SMILES string of the molecule is Cn1c(=O)c(C(N)=O)c(OC(=O)C2CC2)c2ccccc21. The second-order valence-electron chi connectivity index (χ2n) is 5.15. The summed E-state index contributed by atoms with van der Waals surface area (Å²) in [7, 11) is 1.55. The number of carbonyl (C=O) groups is 2. The summed E-state index contributed by atoms with van der Waals surface area (Å²) in [5, 5.41) is 0.516. The van der Waals surface area contributed by atoms with Crippen LogP contribution in [0.5, 0.6) is 5.75 Å². The van der Waals surface area contributed by atoms with Crippen molar-refractivity contribution < 1.29 is 14.3 Å². The van der Waals surface area contributed by atoms with Crippen molar-refractivity contribution in [3.05, 3.63) is 40.2 Å². The first-order valence-electron chi connectivity index (χ1n) is 6.64. The molecule has 1 aliphatic carbocycles. The molecule has 6 nitrogen and oxygen atoms in total. The normalized spacial score (nSPS) is 14.1. The van der Waals surface area contributed by atoms with Crippen LogP contribution >= 0.6 is 0 Å². The van der Waals surface area contributed by atoms with Crippen molar-refractivity contribution in [3.8, 4) is 5.75 Å². The first-order chi connectivity index (χ1) is 10.0. The Morgan fingerprint density at radius 2 is 1.95 bits per heavy atom. The predicted molar refractivity (Wildman–Crippen MR) is 76.1 cm³/mol. The van der Waals surface area contributed by atoms with Crippen LogP contribution in [-0.4, -0.2) is 16.4 Å². The highest BCUT2D eigenvalue weighted by Crippen LogP contribution is 2.33. The van der Waals surface area contributed by atoms with Gasteiger partial charge in [0.1, 0.15) is 5.56 Å². The van der Waals surface area contributed by atoms with Crippen LogP contribution < -0.4 is 16.0 Å². The lowest BCUT2D eigenvalue weighted by Gasteiger charge is -2.13. The highest BCUT2D eigenvalue weighted by Gasteiger charge is 2.33. The van der Waals surface area contributed by atoms with Crippen LogP contribution in [0.25, 0.3) is 10.9 Å². The summed E-state index contributed by atoms with van der Waals surface area (Å²) in [6.07, 6.45) is 1.54. The molecule has 1 fully saturated rings. The number of fused-ring (bicyclic) bond motifs is 1. The number of amides is 1. The summed E-state index contributed by atoms with van der Waals surface area (Å²) in [6.45, 7) is 0. The molecule has 1 aromatic heterocycles. The number of pyridine rings is 1. The highest BCUT2D eigenvalue weighted by molar-refractivity contribution is 6.03. The highest BCUT2D eigenvalue weighted by atomic mass is 16.5. The first-order valence-corrected chi connectivity index (χ1v) is 6.64. The standard InChI is InChI=1S/C15H14N2O4/c1-17-10-5-3-2-4-9(10)12(11(13(16)18)14(17)19)21-15(20)8-6-7-8/h2-5,8H,6-7H2,1H3,(H2,16,18). The summed E-state index contributed by atoms with van der Waals surface area (Å²) >= 11 is 0. The van der Waals surface area contributed by atoms with E-state index < -0.39 is 17.4 Å². The minimum absolute atomic E-state index is 0.0295. The molecular formula is C15H14N2O4. The monoisotopic (exact) mass is 286 g/mol. The van der Waals surface area contributed by atoms with Crippen LogP contribution in [0.4, 0.5) is 0 Å². The van der Waals surface area contributed by atoms with Crippen molar-refractivity contribution in [1.82, 2.24) is 4.57 Å². The Kier molecular flexibility index (Phi) is 3.01. The number of aromatic nitrogens is 1. The number of nitrogens with two attached hydrogens (primary N) is 1. The van der Waals surface area contributed by atoms with E-state index in [1.807, 2.05) is 0 Å². The van der Waals surface area contributed by atoms with Gasteiger partial charge in [-0.2, -0.15) is 0 Å². The molecule has 0 unspecified atom stereocenters. The van der Waals surface area contributed by atoms with Gasteiger partial charge in [-0.3, -0.25) is 14.4 Å². The molecule has 0 atom stereocenters. The number of hydrogen-bond donors (Lipinski definition) is 1. The maximum Gasteiger partial charge on any atom is 0.314 e. The third kappa shape index (κ3) is 2.18. The molecular weight excluding hydrogens is 272 g/mol. The van der Waals surface area contributed by atoms with Crippen LogP contribution in [0.1, 0.15) is 23.2 Å². The summed E-state index contributed by atoms with van der Waals surface area (Å²) < 4.78 is 6.65. The summed E-state index contributed by atoms with van der Waals surface area (Å²) in [5.41, 5.74) is 5.02. The summed E-state index contributed by atoms with van der Waals surface area (Å²) in [5.74, 6) is -1.50. The molecule has 0 aliphatic heterocycles. The van der Waals surface area contributed by atoms with Crippen molar-refractivity contribution in [3.63, 3.8) is 0 Å². The van der Waals surface area contributed by atoms with E-state index in [4.69, 9.17) is 10.5 Å². The lowest BCUT2D eigenvalue weighted by Crippen LogP contribution is -2.30. The molecule has 1 aromatic carbocycles. The molecule has 6 heteroatoms. The number of aryl methyl sites for hydroxylation is 1. The average Bonchev–Trinajstić information content (AvgIpc) is 3.28. The molecule has 3 rings (SSSR count). The average molecular weight is 286 g/mol. The second-order valence-corrected chi connectivity index (χ2v) is 5.15. The quantitative estimate of drug-likeness (QED) is 0.850. The van der Waals surface area contributed by atoms with Gasteiger partial charge in [-0.05, 0) is 25.0 Å². The van der Waals surface area contributed by atoms with E-state index in [0.717, 1.165) is 12.8 Å². The maximum absolute atomic E-state index is 12.3. The molecule has 0 spiro atoms. The molecule has 1 aliphatic rings. The van der Waals surface area contributed by atoms with Crippen molar-refractivity contribution in [2.45, 2.75) is 12.8 Å². The number of carbonyl (C=O) groups excluding carboxylic acids is 2. The minimum atomic E-state index is -0.903. The van der Waals surface area contributed by atoms with E-state index >= 15 is 0 Å². The zero-order chi connectivity index (χ0) is 15.1. The van der Waals surface area contributed by atoms with Crippen molar-refractivity contribution in [1.29, 1.82) is 0 Å². The molecule has 2 aromatic rings. The van der Waals surface area contributed by atoms with Gasteiger partial charge in [-0.15, -0.1) is 0 Å². The van der Waals surface area contributed by atoms with Crippen molar-refractivity contribution in [2.24, 2.45) is 18.7 Å². The third-order valence-corrected chi connectivity index (χ3v) is 3.62. The summed E-state index contributed by atoms with van der Waals surface area (Å²) in [4.78, 5) is 35.8. The number of ether oxygens (including phenoxy) is 1. The fraction of sp³-hybridized carbons (Fsp3) is 0.267. The zero-order valence-corrected chi connectivity index (χ0v) is 11.5. The molecule has 1 heterocycles. The van der Waals surface area contributed by atoms with Gasteiger partial charge in [-0.1, -0.05) is 12.1 Å². The van der Waals surface area contributed by atoms with E-state index in [2.05, 4.69) is 0 Å². The van der Waals surface area contributed by atoms with E-state index in [1.54, 1.807) is 31.3 Å². The number of primary amides is 1. The van der Waals surface area contributed by atoms with Gasteiger partial charge in [0.25, 0.3) is 11.5 Å². The number of rotatable bonds is 3. The van der Waals surface area contributed by atoms with Crippen LogP contribution in [-0.2, 0) is 11.8 Å². The Morgan fingerprint density at radius 1 is 1.29 bits per heavy atom. The molecule has 21 heavy (non-hydrogen) atoms. The lowest BCUT2D eigenvalue weighted by molar-refractivity contribution is -0.135. The predicted octanol–water partition coefficient (Wildman–Crippen LogP) is 0.953. The fourth-order valence-electron chi connectivity index (χ4n) is 2.29. The molecule has 1 amide bonds. The van der Waals surface area contributed by atoms with Gasteiger partial charge in [0, 0.05) is 12.4 Å². The number of nitrogens with zero attached hydrogens (tertiary/aromatic N) is 1. The molecule has 0 radical (unpaired) electrons. The molecule has 2 N–H and O–H groups in total. The van der Waals surface area contributed by atoms with Gasteiger partial charge < -0.3 is 15.0 Å². The Balaban J connectivity index is 2.29. The number of para-hydroxylation sites is 1. The van der Waals surface area contributed by atoms with E-state index in [0.29, 0.717) is 10.9 Å². The maximum atomic E-state index is 12.3. The van der Waals surface area contributed by atoms with E-state index in [1.165, 1.54) is 4.57 Å². The van der Waals surface area contributed by atoms with Gasteiger partial charge >= 0.3 is 5.97 Å². The van der Waals surface area contributed by atoms with Crippen LogP contribution in [0.3, 0.4) is 0 Å². The van der Waals surface area contributed by atoms with Crippen LogP contribution in [0, 0.1) is 5.92 Å². The molecule has 0 saturated heterocycles. The number of benzene rings is 1. The number of esters is 1. The molecule has 1 saturated carbocycles. The van der Waals surface area contributed by atoms with E-state index in [-0.39, 0.29) is 17.2 Å². The topological polar surface area (TPSA) is 91.4 Å². The Hall–Kier alpha value is -2.63. The Bertz CT molecular complexity index is 818. The van der Waals surface area contributed by atoms with Crippen molar-refractivity contribution >= 4 is 22.8 Å². The van der Waals surface area contributed by atoms with Crippen LogP contribution in [0.2, 0.25) is 0 Å². The van der Waals surface area contributed by atoms with E-state index in [9.17, 15) is 14.4 Å². The second kappa shape index (κ2) is 4.73. The Morgan fingerprint density at radius 3 is 2.57 bits per heavy atom. The number of hydrogen-bond acceptors (Lipinski definition) is 4. The first kappa shape index (κ1) is 13.4. The van der Waals surface area contributed by atoms with Crippen LogP contribution in [0.15, 0.2) is 29.1 Å². The smallest absolute Gasteiger partial charge is 0.314 e. The molecule has 108 valence electrons. The molecule has 0 bridgehead atoms. The summed E-state index contributed by atoms with van der Waals surface area (Å²) in [6, 6.07) is 6.91. The minimum Gasteiger partial charge on any atom is -0.425 e. The van der Waals surface area contributed by atoms with Crippen molar-refractivity contribution in [2.75, 3.05) is 0 Å². The van der Waals surface area contributed by atoms with Gasteiger partial charge in [0.2, 0.25) is 0 Å². The fourth-order valence-corrected chi connectivity index (χ4v) is 2.29. The zero-order valence-electron chi connectivity index (χ0n) is 11.5. The van der Waals surface area contributed by atoms with Gasteiger partial charge in [0.15, 0.2) is 5.75 Å². The largest absolute Gasteiger partial charge is 0.425 e. The van der Waals surface area contributed by atoms with Gasteiger partial charge in [0.05, 0.1) is 11.4 Å². The van der Waals surface area contributed by atoms with Gasteiger partial charge in [-0.25, -0.2) is 0 Å².